The highest BCUT2D eigenvalue weighted by Crippen LogP contribution is 2.65. The van der Waals surface area contributed by atoms with Gasteiger partial charge in [-0.1, -0.05) is 23.2 Å². The lowest BCUT2D eigenvalue weighted by Gasteiger charge is -2.14. The van der Waals surface area contributed by atoms with Crippen LogP contribution in [0.1, 0.15) is 27.4 Å². The number of anilines is 1. The molecule has 0 spiro atoms. The molecule has 2 amide bonds. The second-order valence-electron chi connectivity index (χ2n) is 6.66. The van der Waals surface area contributed by atoms with E-state index in [2.05, 4.69) is 10.6 Å². The minimum absolute atomic E-state index is 0.00879. The van der Waals surface area contributed by atoms with Crippen molar-refractivity contribution in [3.63, 3.8) is 0 Å². The Hall–Kier alpha value is -1.67. The van der Waals surface area contributed by atoms with E-state index in [1.165, 1.54) is 13.1 Å². The van der Waals surface area contributed by atoms with Crippen LogP contribution in [0.4, 0.5) is 18.9 Å². The van der Waals surface area contributed by atoms with Gasteiger partial charge in [0.15, 0.2) is 0 Å². The standard InChI is InChI=1S/C19H13Cl4F3N2O2/c1-27-16(29)12-7-11(2-3-13(12)19(24,25)26)28-17(30)15-14(18(15,22)23)8-4-9(20)6-10(21)5-8/h2-7,14-15H,1H3,(H,27,29)(H,28,30). The fourth-order valence-corrected chi connectivity index (χ4v) is 4.61. The van der Waals surface area contributed by atoms with Crippen LogP contribution in [0.15, 0.2) is 36.4 Å². The topological polar surface area (TPSA) is 58.2 Å². The number of amides is 2. The van der Waals surface area contributed by atoms with Crippen LogP contribution < -0.4 is 10.6 Å². The molecule has 2 aromatic rings. The number of hydrogen-bond donors (Lipinski definition) is 2. The Labute approximate surface area is 189 Å². The molecule has 1 saturated carbocycles. The largest absolute Gasteiger partial charge is 0.417 e. The molecule has 160 valence electrons. The van der Waals surface area contributed by atoms with Crippen LogP contribution in [0.5, 0.6) is 0 Å². The van der Waals surface area contributed by atoms with Crippen LogP contribution >= 0.6 is 46.4 Å². The van der Waals surface area contributed by atoms with Crippen molar-refractivity contribution in [2.24, 2.45) is 5.92 Å². The van der Waals surface area contributed by atoms with Gasteiger partial charge < -0.3 is 10.6 Å². The van der Waals surface area contributed by atoms with E-state index < -0.39 is 45.3 Å². The predicted molar refractivity (Wildman–Crippen MR) is 111 cm³/mol. The number of carbonyl (C=O) groups is 2. The summed E-state index contributed by atoms with van der Waals surface area (Å²) in [5.41, 5.74) is -1.21. The summed E-state index contributed by atoms with van der Waals surface area (Å²) in [6.07, 6.45) is -4.74. The first-order valence-electron chi connectivity index (χ1n) is 8.44. The lowest BCUT2D eigenvalue weighted by atomic mass is 10.0. The predicted octanol–water partition coefficient (Wildman–Crippen LogP) is 5.90. The first kappa shape index (κ1) is 23.0. The average molecular weight is 500 g/mol. The number of nitrogens with one attached hydrogen (secondary N) is 2. The summed E-state index contributed by atoms with van der Waals surface area (Å²) in [6.45, 7) is 0. The van der Waals surface area contributed by atoms with Gasteiger partial charge in [0.25, 0.3) is 5.91 Å². The van der Waals surface area contributed by atoms with Crippen LogP contribution in [0.3, 0.4) is 0 Å². The van der Waals surface area contributed by atoms with Crippen LogP contribution in [-0.4, -0.2) is 23.2 Å². The van der Waals surface area contributed by atoms with E-state index in [1.807, 2.05) is 0 Å². The van der Waals surface area contributed by atoms with Gasteiger partial charge in [0.2, 0.25) is 5.91 Å². The highest BCUT2D eigenvalue weighted by molar-refractivity contribution is 6.53. The Morgan fingerprint density at radius 3 is 2.17 bits per heavy atom. The molecule has 1 aliphatic rings. The van der Waals surface area contributed by atoms with E-state index in [1.54, 1.807) is 12.1 Å². The van der Waals surface area contributed by atoms with Crippen molar-refractivity contribution >= 4 is 63.9 Å². The van der Waals surface area contributed by atoms with E-state index in [-0.39, 0.29) is 5.69 Å². The molecule has 30 heavy (non-hydrogen) atoms. The minimum atomic E-state index is -4.74. The normalized spacial score (nSPS) is 19.9. The van der Waals surface area contributed by atoms with Crippen molar-refractivity contribution < 1.29 is 22.8 Å². The Kier molecular flexibility index (Phi) is 6.22. The quantitative estimate of drug-likeness (QED) is 0.514. The molecule has 1 fully saturated rings. The maximum Gasteiger partial charge on any atom is 0.417 e. The molecule has 1 aliphatic carbocycles. The average Bonchev–Trinajstić information content (AvgIpc) is 3.21. The zero-order valence-corrected chi connectivity index (χ0v) is 18.1. The summed E-state index contributed by atoms with van der Waals surface area (Å²) in [7, 11) is 1.20. The Morgan fingerprint density at radius 1 is 1.03 bits per heavy atom. The molecule has 2 N–H and O–H groups in total. The highest BCUT2D eigenvalue weighted by atomic mass is 35.5. The van der Waals surface area contributed by atoms with Crippen LogP contribution in [0.25, 0.3) is 0 Å². The van der Waals surface area contributed by atoms with Crippen molar-refractivity contribution in [2.75, 3.05) is 12.4 Å². The first-order chi connectivity index (χ1) is 13.9. The molecular weight excluding hydrogens is 487 g/mol. The van der Waals surface area contributed by atoms with Crippen molar-refractivity contribution in [2.45, 2.75) is 16.4 Å². The van der Waals surface area contributed by atoms with Crippen LogP contribution in [0, 0.1) is 5.92 Å². The van der Waals surface area contributed by atoms with Crippen molar-refractivity contribution in [3.05, 3.63) is 63.1 Å². The molecule has 11 heteroatoms. The van der Waals surface area contributed by atoms with E-state index >= 15 is 0 Å². The van der Waals surface area contributed by atoms with Crippen molar-refractivity contribution in [3.8, 4) is 0 Å². The van der Waals surface area contributed by atoms with E-state index in [9.17, 15) is 22.8 Å². The molecule has 0 saturated heterocycles. The molecule has 3 rings (SSSR count). The van der Waals surface area contributed by atoms with E-state index in [0.717, 1.165) is 18.2 Å². The zero-order valence-electron chi connectivity index (χ0n) is 15.1. The zero-order chi connectivity index (χ0) is 22.4. The molecule has 0 radical (unpaired) electrons. The monoisotopic (exact) mass is 498 g/mol. The molecular formula is C19H13Cl4F3N2O2. The number of halogens is 7. The second kappa shape index (κ2) is 8.11. The van der Waals surface area contributed by atoms with Gasteiger partial charge >= 0.3 is 6.18 Å². The van der Waals surface area contributed by atoms with E-state index in [4.69, 9.17) is 46.4 Å². The summed E-state index contributed by atoms with van der Waals surface area (Å²) in [5.74, 6) is -3.09. The third kappa shape index (κ3) is 4.49. The SMILES string of the molecule is CNC(=O)c1cc(NC(=O)C2C(c3cc(Cl)cc(Cl)c3)C2(Cl)Cl)ccc1C(F)(F)F. The van der Waals surface area contributed by atoms with Gasteiger partial charge in [0.1, 0.15) is 4.33 Å². The molecule has 4 nitrogen and oxygen atoms in total. The maximum atomic E-state index is 13.2. The number of carbonyl (C=O) groups excluding carboxylic acids is 2. The smallest absolute Gasteiger partial charge is 0.355 e. The number of rotatable bonds is 4. The molecule has 0 aromatic heterocycles. The van der Waals surface area contributed by atoms with Gasteiger partial charge in [-0.3, -0.25) is 9.59 Å². The molecule has 0 aliphatic heterocycles. The maximum absolute atomic E-state index is 13.2. The Morgan fingerprint density at radius 2 is 1.63 bits per heavy atom. The highest BCUT2D eigenvalue weighted by Gasteiger charge is 2.67. The van der Waals surface area contributed by atoms with E-state index in [0.29, 0.717) is 15.6 Å². The fourth-order valence-electron chi connectivity index (χ4n) is 3.23. The molecule has 2 aromatic carbocycles. The minimum Gasteiger partial charge on any atom is -0.355 e. The van der Waals surface area contributed by atoms with Gasteiger partial charge in [-0.2, -0.15) is 13.2 Å². The summed E-state index contributed by atoms with van der Waals surface area (Å²) in [6, 6.07) is 7.37. The van der Waals surface area contributed by atoms with Gasteiger partial charge in [0.05, 0.1) is 17.0 Å². The van der Waals surface area contributed by atoms with Crippen molar-refractivity contribution in [1.29, 1.82) is 0 Å². The van der Waals surface area contributed by atoms with Crippen LogP contribution in [-0.2, 0) is 11.0 Å². The number of hydrogen-bond acceptors (Lipinski definition) is 2. The Balaban J connectivity index is 1.86. The summed E-state index contributed by atoms with van der Waals surface area (Å²) < 4.78 is 38.0. The van der Waals surface area contributed by atoms with Gasteiger partial charge in [0, 0.05) is 28.7 Å². The first-order valence-corrected chi connectivity index (χ1v) is 9.95. The third-order valence-corrected chi connectivity index (χ3v) is 6.02. The van der Waals surface area contributed by atoms with Gasteiger partial charge in [-0.15, -0.1) is 23.2 Å². The molecule has 2 atom stereocenters. The number of alkyl halides is 5. The Bertz CT molecular complexity index is 1010. The van der Waals surface area contributed by atoms with Gasteiger partial charge in [-0.25, -0.2) is 0 Å². The molecule has 0 bridgehead atoms. The third-order valence-electron chi connectivity index (χ3n) is 4.64. The fraction of sp³-hybridized carbons (Fsp3) is 0.263. The molecule has 2 unspecified atom stereocenters. The molecule has 0 heterocycles. The van der Waals surface area contributed by atoms with Gasteiger partial charge in [-0.05, 0) is 42.0 Å². The van der Waals surface area contributed by atoms with Crippen LogP contribution in [0.2, 0.25) is 10.0 Å². The summed E-state index contributed by atoms with van der Waals surface area (Å²) in [5, 5.41) is 5.29. The lowest BCUT2D eigenvalue weighted by Crippen LogP contribution is -2.23. The lowest BCUT2D eigenvalue weighted by molar-refractivity contribution is -0.137. The summed E-state index contributed by atoms with van der Waals surface area (Å²) >= 11 is 24.5. The number of benzene rings is 2. The summed E-state index contributed by atoms with van der Waals surface area (Å²) in [4.78, 5) is 24.6. The van der Waals surface area contributed by atoms with Crippen molar-refractivity contribution in [1.82, 2.24) is 5.32 Å². The second-order valence-corrected chi connectivity index (χ2v) is 8.98.